The summed E-state index contributed by atoms with van der Waals surface area (Å²) in [6.45, 7) is 1.86. The summed E-state index contributed by atoms with van der Waals surface area (Å²) in [4.78, 5) is 16.2. The molecule has 0 amide bonds. The van der Waals surface area contributed by atoms with Gasteiger partial charge in [0.25, 0.3) is 0 Å². The van der Waals surface area contributed by atoms with Crippen LogP contribution in [0.3, 0.4) is 0 Å². The minimum absolute atomic E-state index is 0.0972. The lowest BCUT2D eigenvalue weighted by molar-refractivity contribution is -0.143. The van der Waals surface area contributed by atoms with E-state index in [0.29, 0.717) is 5.75 Å². The normalized spacial score (nSPS) is 12.2. The average Bonchev–Trinajstić information content (AvgIpc) is 2.26. The average molecular weight is 290 g/mol. The predicted molar refractivity (Wildman–Crippen MR) is 63.8 cm³/mol. The second-order valence-electron chi connectivity index (χ2n) is 3.04. The molecule has 1 aromatic heterocycles. The molecule has 0 bridgehead atoms. The summed E-state index contributed by atoms with van der Waals surface area (Å²) < 4.78 is 5.61. The molecular formula is C10H12BrNO2S. The standard InChI is InChI=1S/C10H12BrNO2S/c1-7(10(13)14-2)6-15-9-3-4-12-5-8(9)11/h3-5,7H,6H2,1-2H3. The molecule has 0 aliphatic heterocycles. The Balaban J connectivity index is 2.50. The van der Waals surface area contributed by atoms with Gasteiger partial charge in [0, 0.05) is 27.5 Å². The quantitative estimate of drug-likeness (QED) is 0.631. The zero-order valence-corrected chi connectivity index (χ0v) is 11.0. The molecule has 0 N–H and O–H groups in total. The van der Waals surface area contributed by atoms with Crippen LogP contribution < -0.4 is 0 Å². The Hall–Kier alpha value is -0.550. The summed E-state index contributed by atoms with van der Waals surface area (Å²) in [7, 11) is 1.41. The molecule has 0 aliphatic rings. The molecule has 15 heavy (non-hydrogen) atoms. The molecular weight excluding hydrogens is 278 g/mol. The lowest BCUT2D eigenvalue weighted by atomic mass is 10.2. The number of hydrogen-bond acceptors (Lipinski definition) is 4. The highest BCUT2D eigenvalue weighted by Crippen LogP contribution is 2.27. The van der Waals surface area contributed by atoms with E-state index >= 15 is 0 Å². The van der Waals surface area contributed by atoms with Gasteiger partial charge in [0.05, 0.1) is 13.0 Å². The number of halogens is 1. The van der Waals surface area contributed by atoms with Crippen LogP contribution in [0.25, 0.3) is 0 Å². The van der Waals surface area contributed by atoms with Crippen molar-refractivity contribution in [3.05, 3.63) is 22.9 Å². The van der Waals surface area contributed by atoms with Gasteiger partial charge < -0.3 is 4.74 Å². The molecule has 1 atom stereocenters. The van der Waals surface area contributed by atoms with E-state index in [4.69, 9.17) is 0 Å². The van der Waals surface area contributed by atoms with Crippen molar-refractivity contribution in [3.8, 4) is 0 Å². The summed E-state index contributed by atoms with van der Waals surface area (Å²) in [5, 5.41) is 0. The van der Waals surface area contributed by atoms with E-state index in [0.717, 1.165) is 9.37 Å². The Morgan fingerprint density at radius 1 is 1.73 bits per heavy atom. The third kappa shape index (κ3) is 3.83. The van der Waals surface area contributed by atoms with Gasteiger partial charge in [-0.2, -0.15) is 0 Å². The number of methoxy groups -OCH3 is 1. The van der Waals surface area contributed by atoms with Crippen molar-refractivity contribution < 1.29 is 9.53 Å². The van der Waals surface area contributed by atoms with Gasteiger partial charge in [-0.3, -0.25) is 9.78 Å². The fourth-order valence-electron chi connectivity index (χ4n) is 0.963. The molecule has 1 heterocycles. The number of carbonyl (C=O) groups is 1. The van der Waals surface area contributed by atoms with Crippen molar-refractivity contribution in [1.29, 1.82) is 0 Å². The molecule has 0 aliphatic carbocycles. The van der Waals surface area contributed by atoms with Gasteiger partial charge >= 0.3 is 5.97 Å². The van der Waals surface area contributed by atoms with Crippen LogP contribution in [0.5, 0.6) is 0 Å². The Bertz CT molecular complexity index is 346. The Morgan fingerprint density at radius 3 is 3.07 bits per heavy atom. The van der Waals surface area contributed by atoms with E-state index in [-0.39, 0.29) is 11.9 Å². The molecule has 3 nitrogen and oxygen atoms in total. The largest absolute Gasteiger partial charge is 0.469 e. The maximum Gasteiger partial charge on any atom is 0.309 e. The molecule has 82 valence electrons. The van der Waals surface area contributed by atoms with E-state index in [9.17, 15) is 4.79 Å². The van der Waals surface area contributed by atoms with Crippen LogP contribution in [0.4, 0.5) is 0 Å². The van der Waals surface area contributed by atoms with Gasteiger partial charge in [-0.25, -0.2) is 0 Å². The Labute approximate surface area is 102 Å². The SMILES string of the molecule is COC(=O)C(C)CSc1ccncc1Br. The summed E-state index contributed by atoms with van der Waals surface area (Å²) in [6.07, 6.45) is 3.47. The van der Waals surface area contributed by atoms with Crippen LogP contribution in [0.1, 0.15) is 6.92 Å². The zero-order chi connectivity index (χ0) is 11.3. The third-order valence-corrected chi connectivity index (χ3v) is 4.06. The number of esters is 1. The highest BCUT2D eigenvalue weighted by molar-refractivity contribution is 9.10. The number of thioether (sulfide) groups is 1. The number of aromatic nitrogens is 1. The second-order valence-corrected chi connectivity index (χ2v) is 4.96. The van der Waals surface area contributed by atoms with E-state index in [1.54, 1.807) is 24.2 Å². The van der Waals surface area contributed by atoms with Crippen molar-refractivity contribution in [3.63, 3.8) is 0 Å². The zero-order valence-electron chi connectivity index (χ0n) is 8.57. The number of nitrogens with zero attached hydrogens (tertiary/aromatic N) is 1. The second kappa shape index (κ2) is 6.12. The van der Waals surface area contributed by atoms with Gasteiger partial charge in [-0.15, -0.1) is 11.8 Å². The number of carbonyl (C=O) groups excluding carboxylic acids is 1. The molecule has 0 saturated carbocycles. The lowest BCUT2D eigenvalue weighted by Gasteiger charge is -2.08. The van der Waals surface area contributed by atoms with Gasteiger partial charge in [-0.1, -0.05) is 6.92 Å². The van der Waals surface area contributed by atoms with Crippen LogP contribution in [0.2, 0.25) is 0 Å². The summed E-state index contributed by atoms with van der Waals surface area (Å²) in [5.74, 6) is 0.433. The smallest absolute Gasteiger partial charge is 0.309 e. The minimum atomic E-state index is -0.173. The predicted octanol–water partition coefficient (Wildman–Crippen LogP) is 2.75. The maximum atomic E-state index is 11.2. The number of rotatable bonds is 4. The first kappa shape index (κ1) is 12.5. The molecule has 0 saturated heterocycles. The van der Waals surface area contributed by atoms with Gasteiger partial charge in [0.1, 0.15) is 0 Å². The van der Waals surface area contributed by atoms with Crippen molar-refractivity contribution in [2.45, 2.75) is 11.8 Å². The van der Waals surface area contributed by atoms with Gasteiger partial charge in [0.2, 0.25) is 0 Å². The van der Waals surface area contributed by atoms with Crippen LogP contribution in [0.15, 0.2) is 27.8 Å². The maximum absolute atomic E-state index is 11.2. The molecule has 5 heteroatoms. The molecule has 0 aromatic carbocycles. The van der Waals surface area contributed by atoms with Crippen molar-refractivity contribution in [1.82, 2.24) is 4.98 Å². The van der Waals surface area contributed by atoms with Crippen LogP contribution in [0, 0.1) is 5.92 Å². The van der Waals surface area contributed by atoms with Crippen molar-refractivity contribution >= 4 is 33.7 Å². The molecule has 0 radical (unpaired) electrons. The van der Waals surface area contributed by atoms with Crippen molar-refractivity contribution in [2.24, 2.45) is 5.92 Å². The molecule has 1 rings (SSSR count). The number of pyridine rings is 1. The third-order valence-electron chi connectivity index (χ3n) is 1.83. The first-order chi connectivity index (χ1) is 7.15. The van der Waals surface area contributed by atoms with Crippen molar-refractivity contribution in [2.75, 3.05) is 12.9 Å². The van der Waals surface area contributed by atoms with Gasteiger partial charge in [-0.05, 0) is 22.0 Å². The highest BCUT2D eigenvalue weighted by Gasteiger charge is 2.13. The molecule has 0 spiro atoms. The number of hydrogen-bond donors (Lipinski definition) is 0. The van der Waals surface area contributed by atoms with Gasteiger partial charge in [0.15, 0.2) is 0 Å². The fraction of sp³-hybridized carbons (Fsp3) is 0.400. The molecule has 0 fully saturated rings. The summed E-state index contributed by atoms with van der Waals surface area (Å²) in [6, 6.07) is 1.92. The van der Waals surface area contributed by atoms with Crippen LogP contribution >= 0.6 is 27.7 Å². The lowest BCUT2D eigenvalue weighted by Crippen LogP contribution is -2.14. The first-order valence-corrected chi connectivity index (χ1v) is 6.23. The van der Waals surface area contributed by atoms with E-state index < -0.39 is 0 Å². The van der Waals surface area contributed by atoms with Crippen LogP contribution in [-0.4, -0.2) is 23.8 Å². The Morgan fingerprint density at radius 2 is 2.47 bits per heavy atom. The first-order valence-electron chi connectivity index (χ1n) is 4.45. The van der Waals surface area contributed by atoms with Crippen LogP contribution in [-0.2, 0) is 9.53 Å². The fourth-order valence-corrected chi connectivity index (χ4v) is 2.47. The topological polar surface area (TPSA) is 39.2 Å². The summed E-state index contributed by atoms with van der Waals surface area (Å²) >= 11 is 5.01. The van der Waals surface area contributed by atoms with E-state index in [1.807, 2.05) is 13.0 Å². The summed E-state index contributed by atoms with van der Waals surface area (Å²) in [5.41, 5.74) is 0. The minimum Gasteiger partial charge on any atom is -0.469 e. The monoisotopic (exact) mass is 289 g/mol. The Kier molecular flexibility index (Phi) is 5.11. The molecule has 1 unspecified atom stereocenters. The number of ether oxygens (including phenoxy) is 1. The highest BCUT2D eigenvalue weighted by atomic mass is 79.9. The van der Waals surface area contributed by atoms with E-state index in [1.165, 1.54) is 7.11 Å². The van der Waals surface area contributed by atoms with E-state index in [2.05, 4.69) is 25.7 Å². The molecule has 1 aromatic rings.